The standard InChI is InChI=1S/C12H23NO/c1-12(2)8-3-4-9(10(12)7-8)11(14)5-6-13/h8-11,14H,3-7,13H2,1-2H3/t8-,9?,10-,11+/m0/s1. The smallest absolute Gasteiger partial charge is 0.0583 e. The molecule has 3 saturated carbocycles. The number of aliphatic hydroxyl groups is 1. The summed E-state index contributed by atoms with van der Waals surface area (Å²) in [6, 6.07) is 0. The van der Waals surface area contributed by atoms with Crippen LogP contribution in [0.3, 0.4) is 0 Å². The largest absolute Gasteiger partial charge is 0.393 e. The fraction of sp³-hybridized carbons (Fsp3) is 1.00. The Morgan fingerprint density at radius 1 is 1.43 bits per heavy atom. The Morgan fingerprint density at radius 3 is 2.64 bits per heavy atom. The van der Waals surface area contributed by atoms with E-state index in [0.29, 0.717) is 17.9 Å². The average Bonchev–Trinajstić information content (AvgIpc) is 2.18. The van der Waals surface area contributed by atoms with Crippen LogP contribution >= 0.6 is 0 Å². The maximum Gasteiger partial charge on any atom is 0.0583 e. The van der Waals surface area contributed by atoms with Gasteiger partial charge in [-0.2, -0.15) is 0 Å². The highest BCUT2D eigenvalue weighted by molar-refractivity contribution is 5.04. The van der Waals surface area contributed by atoms with Gasteiger partial charge < -0.3 is 10.8 Å². The first-order valence-corrected chi connectivity index (χ1v) is 5.95. The van der Waals surface area contributed by atoms with Crippen molar-refractivity contribution in [3.63, 3.8) is 0 Å². The zero-order valence-electron chi connectivity index (χ0n) is 9.37. The highest BCUT2D eigenvalue weighted by Crippen LogP contribution is 2.62. The minimum absolute atomic E-state index is 0.148. The summed E-state index contributed by atoms with van der Waals surface area (Å²) >= 11 is 0. The summed E-state index contributed by atoms with van der Waals surface area (Å²) in [5.41, 5.74) is 5.99. The fourth-order valence-electron chi connectivity index (χ4n) is 3.71. The minimum atomic E-state index is -0.148. The van der Waals surface area contributed by atoms with Crippen molar-refractivity contribution in [1.29, 1.82) is 0 Å². The van der Waals surface area contributed by atoms with Crippen LogP contribution in [-0.4, -0.2) is 17.8 Å². The zero-order valence-corrected chi connectivity index (χ0v) is 9.37. The Balaban J connectivity index is 2.00. The van der Waals surface area contributed by atoms with E-state index in [4.69, 9.17) is 5.73 Å². The minimum Gasteiger partial charge on any atom is -0.393 e. The van der Waals surface area contributed by atoms with Gasteiger partial charge in [0.15, 0.2) is 0 Å². The first-order valence-electron chi connectivity index (χ1n) is 5.95. The molecule has 82 valence electrons. The summed E-state index contributed by atoms with van der Waals surface area (Å²) in [5, 5.41) is 10.0. The Morgan fingerprint density at radius 2 is 2.14 bits per heavy atom. The van der Waals surface area contributed by atoms with Crippen molar-refractivity contribution in [1.82, 2.24) is 0 Å². The van der Waals surface area contributed by atoms with Crippen LogP contribution in [0.1, 0.15) is 39.5 Å². The Kier molecular flexibility index (Phi) is 2.61. The van der Waals surface area contributed by atoms with E-state index in [9.17, 15) is 5.11 Å². The van der Waals surface area contributed by atoms with Gasteiger partial charge in [-0.1, -0.05) is 13.8 Å². The Labute approximate surface area is 86.9 Å². The van der Waals surface area contributed by atoms with Gasteiger partial charge in [-0.3, -0.25) is 0 Å². The lowest BCUT2D eigenvalue weighted by Gasteiger charge is -2.61. The molecule has 0 saturated heterocycles. The third kappa shape index (κ3) is 1.40. The van der Waals surface area contributed by atoms with Gasteiger partial charge in [0, 0.05) is 0 Å². The van der Waals surface area contributed by atoms with Crippen LogP contribution in [0.4, 0.5) is 0 Å². The second-order valence-corrected chi connectivity index (χ2v) is 5.75. The first kappa shape index (κ1) is 10.4. The number of fused-ring (bicyclic) bond motifs is 2. The van der Waals surface area contributed by atoms with Crippen molar-refractivity contribution in [2.24, 2.45) is 28.9 Å². The van der Waals surface area contributed by atoms with Crippen molar-refractivity contribution >= 4 is 0 Å². The SMILES string of the molecule is CC1(C)[C@H]2CCC([C@H](O)CCN)[C@@H]1C2. The molecular formula is C12H23NO. The molecule has 0 aliphatic heterocycles. The first-order chi connectivity index (χ1) is 6.57. The molecule has 3 rings (SSSR count). The van der Waals surface area contributed by atoms with Crippen molar-refractivity contribution < 1.29 is 5.11 Å². The normalized spacial score (nSPS) is 41.6. The van der Waals surface area contributed by atoms with Crippen molar-refractivity contribution in [3.05, 3.63) is 0 Å². The molecule has 2 nitrogen and oxygen atoms in total. The molecular weight excluding hydrogens is 174 g/mol. The Hall–Kier alpha value is -0.0800. The lowest BCUT2D eigenvalue weighted by atomic mass is 9.45. The number of hydrogen-bond donors (Lipinski definition) is 2. The second-order valence-electron chi connectivity index (χ2n) is 5.75. The molecule has 0 aromatic carbocycles. The summed E-state index contributed by atoms with van der Waals surface area (Å²) in [4.78, 5) is 0. The van der Waals surface area contributed by atoms with Gasteiger partial charge in [0.25, 0.3) is 0 Å². The van der Waals surface area contributed by atoms with Gasteiger partial charge in [0.1, 0.15) is 0 Å². The van der Waals surface area contributed by atoms with Gasteiger partial charge >= 0.3 is 0 Å². The van der Waals surface area contributed by atoms with Crippen LogP contribution in [0.5, 0.6) is 0 Å². The van der Waals surface area contributed by atoms with E-state index < -0.39 is 0 Å². The molecule has 0 spiro atoms. The number of nitrogens with two attached hydrogens (primary N) is 1. The van der Waals surface area contributed by atoms with Crippen LogP contribution in [-0.2, 0) is 0 Å². The van der Waals surface area contributed by atoms with E-state index in [1.165, 1.54) is 19.3 Å². The van der Waals surface area contributed by atoms with Crippen LogP contribution in [0, 0.1) is 23.2 Å². The summed E-state index contributed by atoms with van der Waals surface area (Å²) in [6.45, 7) is 5.36. The molecule has 2 heteroatoms. The molecule has 3 aliphatic carbocycles. The highest BCUT2D eigenvalue weighted by Gasteiger charge is 2.55. The topological polar surface area (TPSA) is 46.2 Å². The molecule has 14 heavy (non-hydrogen) atoms. The summed E-state index contributed by atoms with van der Waals surface area (Å²) in [5.74, 6) is 2.20. The molecule has 0 radical (unpaired) electrons. The van der Waals surface area contributed by atoms with Gasteiger partial charge in [-0.25, -0.2) is 0 Å². The van der Waals surface area contributed by atoms with E-state index in [1.54, 1.807) is 0 Å². The van der Waals surface area contributed by atoms with E-state index in [1.807, 2.05) is 0 Å². The molecule has 2 bridgehead atoms. The van der Waals surface area contributed by atoms with E-state index in [0.717, 1.165) is 18.3 Å². The zero-order chi connectivity index (χ0) is 10.3. The van der Waals surface area contributed by atoms with Crippen LogP contribution < -0.4 is 5.73 Å². The lowest BCUT2D eigenvalue weighted by Crippen LogP contribution is -2.55. The summed E-state index contributed by atoms with van der Waals surface area (Å²) < 4.78 is 0. The molecule has 0 aromatic rings. The maximum atomic E-state index is 10.0. The van der Waals surface area contributed by atoms with Crippen LogP contribution in [0.25, 0.3) is 0 Å². The quantitative estimate of drug-likeness (QED) is 0.724. The summed E-state index contributed by atoms with van der Waals surface area (Å²) in [6.07, 6.45) is 4.52. The molecule has 3 fully saturated rings. The predicted octanol–water partition coefficient (Wildman–Crippen LogP) is 1.77. The molecule has 3 aliphatic rings. The second kappa shape index (κ2) is 3.49. The van der Waals surface area contributed by atoms with Crippen molar-refractivity contribution in [3.8, 4) is 0 Å². The van der Waals surface area contributed by atoms with Crippen LogP contribution in [0.2, 0.25) is 0 Å². The van der Waals surface area contributed by atoms with Crippen molar-refractivity contribution in [2.45, 2.75) is 45.6 Å². The van der Waals surface area contributed by atoms with Gasteiger partial charge in [0.05, 0.1) is 6.10 Å². The summed E-state index contributed by atoms with van der Waals surface area (Å²) in [7, 11) is 0. The predicted molar refractivity (Wildman–Crippen MR) is 57.8 cm³/mol. The van der Waals surface area contributed by atoms with E-state index >= 15 is 0 Å². The molecule has 1 unspecified atom stereocenters. The molecule has 0 heterocycles. The number of hydrogen-bond acceptors (Lipinski definition) is 2. The van der Waals surface area contributed by atoms with E-state index in [2.05, 4.69) is 13.8 Å². The molecule has 0 amide bonds. The lowest BCUT2D eigenvalue weighted by molar-refractivity contribution is -0.137. The average molecular weight is 197 g/mol. The number of rotatable bonds is 3. The fourth-order valence-corrected chi connectivity index (χ4v) is 3.71. The third-order valence-corrected chi connectivity index (χ3v) is 4.87. The van der Waals surface area contributed by atoms with Gasteiger partial charge in [0.2, 0.25) is 0 Å². The highest BCUT2D eigenvalue weighted by atomic mass is 16.3. The molecule has 4 atom stereocenters. The maximum absolute atomic E-state index is 10.0. The molecule has 3 N–H and O–H groups in total. The third-order valence-electron chi connectivity index (χ3n) is 4.87. The van der Waals surface area contributed by atoms with Gasteiger partial charge in [-0.05, 0) is 55.4 Å². The number of aliphatic hydroxyl groups excluding tert-OH is 1. The van der Waals surface area contributed by atoms with Gasteiger partial charge in [-0.15, -0.1) is 0 Å². The van der Waals surface area contributed by atoms with Crippen molar-refractivity contribution in [2.75, 3.05) is 6.54 Å². The Bertz CT molecular complexity index is 212. The van der Waals surface area contributed by atoms with E-state index in [-0.39, 0.29) is 6.10 Å². The molecule has 0 aromatic heterocycles. The monoisotopic (exact) mass is 197 g/mol. The van der Waals surface area contributed by atoms with Crippen LogP contribution in [0.15, 0.2) is 0 Å².